The molecule has 92 valence electrons. The zero-order valence-corrected chi connectivity index (χ0v) is 9.56. The first-order valence-electron chi connectivity index (χ1n) is 5.39. The van der Waals surface area contributed by atoms with Crippen LogP contribution in [0, 0.1) is 5.95 Å². The molecule has 0 radical (unpaired) electrons. The number of nitrogens with two attached hydrogens (primary N) is 1. The van der Waals surface area contributed by atoms with Crippen LogP contribution in [0.3, 0.4) is 0 Å². The van der Waals surface area contributed by atoms with Crippen LogP contribution in [-0.2, 0) is 6.54 Å². The van der Waals surface area contributed by atoms with Crippen molar-refractivity contribution in [3.8, 4) is 11.1 Å². The summed E-state index contributed by atoms with van der Waals surface area (Å²) < 4.78 is 12.7. The number of carbonyl (C=O) groups excluding carboxylic acids is 1. The molecule has 1 aromatic carbocycles. The minimum Gasteiger partial charge on any atom is -0.352 e. The number of urea groups is 1. The number of aromatic nitrogens is 1. The summed E-state index contributed by atoms with van der Waals surface area (Å²) in [5, 5.41) is 2.51. The van der Waals surface area contributed by atoms with Gasteiger partial charge in [-0.25, -0.2) is 9.78 Å². The van der Waals surface area contributed by atoms with Crippen LogP contribution >= 0.6 is 0 Å². The van der Waals surface area contributed by atoms with Gasteiger partial charge in [-0.15, -0.1) is 0 Å². The smallest absolute Gasteiger partial charge is 0.312 e. The molecule has 0 spiro atoms. The van der Waals surface area contributed by atoms with Crippen molar-refractivity contribution in [2.75, 3.05) is 0 Å². The Morgan fingerprint density at radius 2 is 1.83 bits per heavy atom. The van der Waals surface area contributed by atoms with E-state index in [0.717, 1.165) is 16.7 Å². The van der Waals surface area contributed by atoms with Crippen LogP contribution in [0.2, 0.25) is 0 Å². The second-order valence-electron chi connectivity index (χ2n) is 3.78. The second kappa shape index (κ2) is 5.27. The predicted octanol–water partition coefficient (Wildman–Crippen LogP) is 2.06. The molecular formula is C13H12FN3O. The maximum Gasteiger partial charge on any atom is 0.312 e. The predicted molar refractivity (Wildman–Crippen MR) is 66.1 cm³/mol. The van der Waals surface area contributed by atoms with E-state index in [2.05, 4.69) is 10.3 Å². The summed E-state index contributed by atoms with van der Waals surface area (Å²) in [5.74, 6) is -0.499. The van der Waals surface area contributed by atoms with Gasteiger partial charge >= 0.3 is 6.03 Å². The van der Waals surface area contributed by atoms with Crippen molar-refractivity contribution in [1.82, 2.24) is 10.3 Å². The molecule has 0 atom stereocenters. The third kappa shape index (κ3) is 3.04. The van der Waals surface area contributed by atoms with E-state index in [1.165, 1.54) is 12.3 Å². The Morgan fingerprint density at radius 3 is 2.39 bits per heavy atom. The monoisotopic (exact) mass is 245 g/mol. The third-order valence-corrected chi connectivity index (χ3v) is 2.48. The number of nitrogens with one attached hydrogen (secondary N) is 1. The first kappa shape index (κ1) is 12.0. The quantitative estimate of drug-likeness (QED) is 0.813. The first-order valence-corrected chi connectivity index (χ1v) is 5.39. The molecule has 2 aromatic rings. The minimum atomic E-state index is -0.554. The third-order valence-electron chi connectivity index (χ3n) is 2.48. The molecule has 0 bridgehead atoms. The Bertz CT molecular complexity index is 537. The number of primary amides is 1. The van der Waals surface area contributed by atoms with Gasteiger partial charge in [0.25, 0.3) is 0 Å². The number of hydrogen-bond donors (Lipinski definition) is 2. The average molecular weight is 245 g/mol. The maximum absolute atomic E-state index is 12.7. The molecule has 0 unspecified atom stereocenters. The average Bonchev–Trinajstić information content (AvgIpc) is 2.38. The van der Waals surface area contributed by atoms with Gasteiger partial charge < -0.3 is 11.1 Å². The van der Waals surface area contributed by atoms with Crippen molar-refractivity contribution in [2.45, 2.75) is 6.54 Å². The van der Waals surface area contributed by atoms with Crippen molar-refractivity contribution < 1.29 is 9.18 Å². The molecule has 18 heavy (non-hydrogen) atoms. The Hall–Kier alpha value is -2.43. The Balaban J connectivity index is 2.12. The fourth-order valence-corrected chi connectivity index (χ4v) is 1.55. The SMILES string of the molecule is NC(=O)NCc1ccc(-c2ccc(F)nc2)cc1. The van der Waals surface area contributed by atoms with Gasteiger partial charge in [-0.05, 0) is 23.3 Å². The van der Waals surface area contributed by atoms with E-state index >= 15 is 0 Å². The van der Waals surface area contributed by atoms with E-state index in [4.69, 9.17) is 5.73 Å². The molecule has 0 aliphatic carbocycles. The Morgan fingerprint density at radius 1 is 1.17 bits per heavy atom. The number of carbonyl (C=O) groups is 1. The van der Waals surface area contributed by atoms with Crippen molar-refractivity contribution in [1.29, 1.82) is 0 Å². The number of nitrogens with zero attached hydrogens (tertiary/aromatic N) is 1. The standard InChI is InChI=1S/C13H12FN3O/c14-12-6-5-11(8-16-12)10-3-1-9(2-4-10)7-17-13(15)18/h1-6,8H,7H2,(H3,15,17,18). The summed E-state index contributed by atoms with van der Waals surface area (Å²) in [7, 11) is 0. The summed E-state index contributed by atoms with van der Waals surface area (Å²) >= 11 is 0. The highest BCUT2D eigenvalue weighted by Gasteiger charge is 2.00. The number of halogens is 1. The number of benzene rings is 1. The molecule has 0 aliphatic rings. The molecule has 0 fully saturated rings. The number of pyridine rings is 1. The lowest BCUT2D eigenvalue weighted by atomic mass is 10.1. The number of rotatable bonds is 3. The van der Waals surface area contributed by atoms with Crippen LogP contribution in [0.4, 0.5) is 9.18 Å². The van der Waals surface area contributed by atoms with Gasteiger partial charge in [-0.2, -0.15) is 4.39 Å². The topological polar surface area (TPSA) is 68.0 Å². The Labute approximate surface area is 104 Å². The van der Waals surface area contributed by atoms with Crippen LogP contribution in [0.25, 0.3) is 11.1 Å². The summed E-state index contributed by atoms with van der Waals surface area (Å²) in [6.07, 6.45) is 1.48. The number of hydrogen-bond acceptors (Lipinski definition) is 2. The molecule has 0 saturated carbocycles. The van der Waals surface area contributed by atoms with E-state index in [1.54, 1.807) is 6.07 Å². The van der Waals surface area contributed by atoms with Crippen molar-refractivity contribution in [3.05, 3.63) is 54.1 Å². The molecule has 2 rings (SSSR count). The summed E-state index contributed by atoms with van der Waals surface area (Å²) in [4.78, 5) is 14.2. The fourth-order valence-electron chi connectivity index (χ4n) is 1.55. The van der Waals surface area contributed by atoms with Gasteiger partial charge in [0.15, 0.2) is 0 Å². The molecule has 1 heterocycles. The highest BCUT2D eigenvalue weighted by atomic mass is 19.1. The molecular weight excluding hydrogens is 233 g/mol. The van der Waals surface area contributed by atoms with Crippen LogP contribution in [0.1, 0.15) is 5.56 Å². The van der Waals surface area contributed by atoms with Gasteiger partial charge in [0, 0.05) is 18.3 Å². The van der Waals surface area contributed by atoms with E-state index < -0.39 is 12.0 Å². The van der Waals surface area contributed by atoms with Gasteiger partial charge in [0.2, 0.25) is 5.95 Å². The second-order valence-corrected chi connectivity index (χ2v) is 3.78. The largest absolute Gasteiger partial charge is 0.352 e. The van der Waals surface area contributed by atoms with E-state index in [-0.39, 0.29) is 0 Å². The molecule has 4 nitrogen and oxygen atoms in total. The van der Waals surface area contributed by atoms with Crippen LogP contribution in [0.15, 0.2) is 42.6 Å². The zero-order chi connectivity index (χ0) is 13.0. The van der Waals surface area contributed by atoms with Gasteiger partial charge in [0.05, 0.1) is 0 Å². The minimum absolute atomic E-state index is 0.386. The van der Waals surface area contributed by atoms with Crippen molar-refractivity contribution >= 4 is 6.03 Å². The van der Waals surface area contributed by atoms with Crippen LogP contribution in [0.5, 0.6) is 0 Å². The molecule has 0 saturated heterocycles. The van der Waals surface area contributed by atoms with Crippen LogP contribution in [-0.4, -0.2) is 11.0 Å². The highest BCUT2D eigenvalue weighted by molar-refractivity contribution is 5.71. The van der Waals surface area contributed by atoms with E-state index in [0.29, 0.717) is 6.54 Å². The lowest BCUT2D eigenvalue weighted by Crippen LogP contribution is -2.28. The molecule has 3 N–H and O–H groups in total. The van der Waals surface area contributed by atoms with E-state index in [1.807, 2.05) is 24.3 Å². The lowest BCUT2D eigenvalue weighted by molar-refractivity contribution is 0.248. The zero-order valence-electron chi connectivity index (χ0n) is 9.56. The first-order chi connectivity index (χ1) is 8.65. The highest BCUT2D eigenvalue weighted by Crippen LogP contribution is 2.18. The van der Waals surface area contributed by atoms with Gasteiger partial charge in [0.1, 0.15) is 0 Å². The van der Waals surface area contributed by atoms with Crippen molar-refractivity contribution in [3.63, 3.8) is 0 Å². The molecule has 0 aliphatic heterocycles. The molecule has 1 aromatic heterocycles. The lowest BCUT2D eigenvalue weighted by Gasteiger charge is -2.04. The molecule has 2 amide bonds. The summed E-state index contributed by atoms with van der Waals surface area (Å²) in [6, 6.07) is 9.93. The van der Waals surface area contributed by atoms with Gasteiger partial charge in [-0.1, -0.05) is 24.3 Å². The van der Waals surface area contributed by atoms with Crippen LogP contribution < -0.4 is 11.1 Å². The van der Waals surface area contributed by atoms with Gasteiger partial charge in [-0.3, -0.25) is 0 Å². The molecule has 5 heteroatoms. The van der Waals surface area contributed by atoms with E-state index in [9.17, 15) is 9.18 Å². The fraction of sp³-hybridized carbons (Fsp3) is 0.0769. The number of amides is 2. The van der Waals surface area contributed by atoms with Crippen molar-refractivity contribution in [2.24, 2.45) is 5.73 Å². The summed E-state index contributed by atoms with van der Waals surface area (Å²) in [6.45, 7) is 0.386. The Kier molecular flexibility index (Phi) is 3.52. The normalized spacial score (nSPS) is 10.1. The maximum atomic E-state index is 12.7. The summed E-state index contributed by atoms with van der Waals surface area (Å²) in [5.41, 5.74) is 7.69.